The Balaban J connectivity index is 3.13. The van der Waals surface area contributed by atoms with Crippen LogP contribution >= 0.6 is 0 Å². The van der Waals surface area contributed by atoms with Gasteiger partial charge in [-0.15, -0.1) is 0 Å². The van der Waals surface area contributed by atoms with Crippen molar-refractivity contribution in [2.75, 3.05) is 0 Å². The number of hydrogen-bond donors (Lipinski definition) is 0. The molecule has 0 fully saturated rings. The number of hydrogen-bond acceptors (Lipinski definition) is 0. The van der Waals surface area contributed by atoms with Crippen LogP contribution in [0.15, 0.2) is 24.3 Å². The Morgan fingerprint density at radius 2 is 1.88 bits per heavy atom. The number of rotatable bonds is 0. The quantitative estimate of drug-likeness (QED) is 0.559. The first kappa shape index (κ1) is 6.13. The third-order valence-corrected chi connectivity index (χ3v) is 2.55. The summed E-state index contributed by atoms with van der Waals surface area (Å²) in [5.41, 5.74) is 1.39. The van der Waals surface area contributed by atoms with Gasteiger partial charge in [0.1, 0.15) is 0 Å². The Morgan fingerprint density at radius 1 is 1.25 bits per heavy atom. The maximum atomic E-state index is 2.14. The third kappa shape index (κ3) is 1.24. The second-order valence-corrected chi connectivity index (χ2v) is 3.16. The molecule has 0 saturated carbocycles. The molecule has 0 aliphatic carbocycles. The molecular formula is C7H8Te. The molecule has 0 amide bonds. The van der Waals surface area contributed by atoms with Gasteiger partial charge in [0.05, 0.1) is 0 Å². The van der Waals surface area contributed by atoms with Crippen molar-refractivity contribution in [1.29, 1.82) is 0 Å². The van der Waals surface area contributed by atoms with Crippen LogP contribution in [0.5, 0.6) is 0 Å². The van der Waals surface area contributed by atoms with Crippen LogP contribution in [0.1, 0.15) is 5.56 Å². The second-order valence-electron chi connectivity index (χ2n) is 1.79. The SMILES string of the molecule is Cc1ccccc1[TeH]. The van der Waals surface area contributed by atoms with Crippen LogP contribution in [0.25, 0.3) is 0 Å². The van der Waals surface area contributed by atoms with Crippen LogP contribution in [0, 0.1) is 6.92 Å². The Kier molecular flexibility index (Phi) is 1.94. The summed E-state index contributed by atoms with van der Waals surface area (Å²) in [6, 6.07) is 8.41. The summed E-state index contributed by atoms with van der Waals surface area (Å²) in [5, 5.41) is 0. The van der Waals surface area contributed by atoms with Gasteiger partial charge in [0, 0.05) is 0 Å². The molecule has 1 rings (SSSR count). The standard InChI is InChI=1S/C7H8Te/c1-6-4-2-3-5-7(6)8/h2-5,8H,1H3. The zero-order valence-electron chi connectivity index (χ0n) is 4.76. The van der Waals surface area contributed by atoms with E-state index in [-0.39, 0.29) is 0 Å². The molecule has 0 radical (unpaired) electrons. The molecule has 8 heavy (non-hydrogen) atoms. The van der Waals surface area contributed by atoms with Crippen LogP contribution in [0.3, 0.4) is 0 Å². The predicted octanol–water partition coefficient (Wildman–Crippen LogP) is 0.521. The molecule has 0 bridgehead atoms. The van der Waals surface area contributed by atoms with Crippen molar-refractivity contribution in [2.24, 2.45) is 0 Å². The van der Waals surface area contributed by atoms with Crippen molar-refractivity contribution in [3.8, 4) is 0 Å². The first-order chi connectivity index (χ1) is 3.80. The average molecular weight is 220 g/mol. The van der Waals surface area contributed by atoms with E-state index in [0.29, 0.717) is 0 Å². The van der Waals surface area contributed by atoms with E-state index in [1.165, 1.54) is 9.17 Å². The molecule has 0 unspecified atom stereocenters. The van der Waals surface area contributed by atoms with E-state index in [0.717, 1.165) is 0 Å². The van der Waals surface area contributed by atoms with Crippen LogP contribution < -0.4 is 3.61 Å². The van der Waals surface area contributed by atoms with Gasteiger partial charge in [-0.3, -0.25) is 0 Å². The minimum atomic E-state index is 1.39. The summed E-state index contributed by atoms with van der Waals surface area (Å²) >= 11 is 1.78. The molecule has 0 nitrogen and oxygen atoms in total. The van der Waals surface area contributed by atoms with Crippen molar-refractivity contribution in [3.05, 3.63) is 29.8 Å². The fourth-order valence-electron chi connectivity index (χ4n) is 0.563. The Morgan fingerprint density at radius 3 is 2.25 bits per heavy atom. The molecule has 1 heteroatoms. The summed E-state index contributed by atoms with van der Waals surface area (Å²) in [6.45, 7) is 2.13. The van der Waals surface area contributed by atoms with Crippen molar-refractivity contribution < 1.29 is 0 Å². The molecule has 0 saturated heterocycles. The van der Waals surface area contributed by atoms with E-state index >= 15 is 0 Å². The predicted molar refractivity (Wildman–Crippen MR) is 38.0 cm³/mol. The first-order valence-corrected chi connectivity index (χ1v) is 3.83. The number of benzene rings is 1. The van der Waals surface area contributed by atoms with Gasteiger partial charge >= 0.3 is 62.7 Å². The summed E-state index contributed by atoms with van der Waals surface area (Å²) in [7, 11) is 0. The average Bonchev–Trinajstić information content (AvgIpc) is 1.77. The van der Waals surface area contributed by atoms with Crippen molar-refractivity contribution >= 4 is 25.9 Å². The normalized spacial score (nSPS) is 9.25. The van der Waals surface area contributed by atoms with E-state index in [9.17, 15) is 0 Å². The molecule has 42 valence electrons. The monoisotopic (exact) mass is 222 g/mol. The van der Waals surface area contributed by atoms with Gasteiger partial charge < -0.3 is 0 Å². The van der Waals surface area contributed by atoms with Crippen molar-refractivity contribution in [2.45, 2.75) is 6.92 Å². The van der Waals surface area contributed by atoms with Crippen molar-refractivity contribution in [3.63, 3.8) is 0 Å². The molecule has 0 spiro atoms. The minimum absolute atomic E-state index is 1.39. The van der Waals surface area contributed by atoms with Crippen molar-refractivity contribution in [1.82, 2.24) is 0 Å². The fourth-order valence-corrected chi connectivity index (χ4v) is 1.02. The second kappa shape index (κ2) is 2.53. The van der Waals surface area contributed by atoms with Gasteiger partial charge in [-0.2, -0.15) is 0 Å². The summed E-state index contributed by atoms with van der Waals surface area (Å²) in [5.74, 6) is 0. The molecule has 0 N–H and O–H groups in total. The van der Waals surface area contributed by atoms with E-state index in [1.807, 2.05) is 0 Å². The Labute approximate surface area is 62.8 Å². The molecule has 1 aromatic rings. The van der Waals surface area contributed by atoms with Gasteiger partial charge in [0.2, 0.25) is 0 Å². The van der Waals surface area contributed by atoms with Gasteiger partial charge in [-0.25, -0.2) is 0 Å². The molecule has 0 aliphatic heterocycles. The van der Waals surface area contributed by atoms with Crippen LogP contribution in [0.2, 0.25) is 0 Å². The molecule has 0 aliphatic rings. The van der Waals surface area contributed by atoms with Crippen LogP contribution in [0.4, 0.5) is 0 Å². The molecule has 0 atom stereocenters. The summed E-state index contributed by atoms with van der Waals surface area (Å²) < 4.78 is 1.42. The zero-order chi connectivity index (χ0) is 5.98. The van der Waals surface area contributed by atoms with E-state index < -0.39 is 0 Å². The molecule has 0 aromatic heterocycles. The Bertz CT molecular complexity index is 160. The topological polar surface area (TPSA) is 0 Å². The van der Waals surface area contributed by atoms with E-state index in [4.69, 9.17) is 0 Å². The third-order valence-electron chi connectivity index (χ3n) is 1.12. The van der Waals surface area contributed by atoms with E-state index in [2.05, 4.69) is 31.2 Å². The van der Waals surface area contributed by atoms with Gasteiger partial charge in [-0.1, -0.05) is 0 Å². The van der Waals surface area contributed by atoms with Crippen LogP contribution in [-0.2, 0) is 0 Å². The zero-order valence-corrected chi connectivity index (χ0v) is 7.31. The first-order valence-electron chi connectivity index (χ1n) is 2.55. The van der Waals surface area contributed by atoms with Gasteiger partial charge in [0.15, 0.2) is 0 Å². The molecule has 1 aromatic carbocycles. The fraction of sp³-hybridized carbons (Fsp3) is 0.143. The van der Waals surface area contributed by atoms with Gasteiger partial charge in [-0.05, 0) is 0 Å². The summed E-state index contributed by atoms with van der Waals surface area (Å²) in [6.07, 6.45) is 0. The van der Waals surface area contributed by atoms with Gasteiger partial charge in [0.25, 0.3) is 0 Å². The Hall–Kier alpha value is 0.00961. The summed E-state index contributed by atoms with van der Waals surface area (Å²) in [4.78, 5) is 0. The van der Waals surface area contributed by atoms with Crippen LogP contribution in [-0.4, -0.2) is 22.3 Å². The number of aryl methyl sites for hydroxylation is 1. The maximum absolute atomic E-state index is 2.14. The molecular weight excluding hydrogens is 212 g/mol. The van der Waals surface area contributed by atoms with E-state index in [1.54, 1.807) is 22.3 Å². The molecule has 0 heterocycles.